The molecule has 56 heavy (non-hydrogen) atoms. The number of carbonyl (C=O) groups is 2. The highest BCUT2D eigenvalue weighted by atomic mass is 31.2. The van der Waals surface area contributed by atoms with Crippen molar-refractivity contribution < 1.29 is 63.1 Å². The van der Waals surface area contributed by atoms with Crippen LogP contribution in [0.25, 0.3) is 0 Å². The number of unbranched alkanes of at least 4 members (excludes halogenated alkanes) is 22. The normalized spacial score (nSPS) is 22.9. The number of hydrogen-bond acceptors (Lipinski definition) is 12. The van der Waals surface area contributed by atoms with Crippen LogP contribution in [-0.2, 0) is 32.7 Å². The van der Waals surface area contributed by atoms with E-state index >= 15 is 0 Å². The lowest BCUT2D eigenvalue weighted by atomic mass is 9.85. The van der Waals surface area contributed by atoms with Gasteiger partial charge in [0.05, 0.1) is 6.61 Å². The Morgan fingerprint density at radius 1 is 0.536 bits per heavy atom. The summed E-state index contributed by atoms with van der Waals surface area (Å²) in [6.45, 7) is 3.25. The SMILES string of the molecule is CCCC/C=C/CCCCCCCC(=O)OC[C@H](COP(=O)(O)OC1C(O)C(O)C(O)[C@H](O)C1O)OC(=O)CCCCCCCCCCCCCCCCCC. The number of aliphatic hydroxyl groups excluding tert-OH is 5. The summed E-state index contributed by atoms with van der Waals surface area (Å²) in [6, 6.07) is 0. The summed E-state index contributed by atoms with van der Waals surface area (Å²) in [5.41, 5.74) is 0. The van der Waals surface area contributed by atoms with Crippen LogP contribution >= 0.6 is 7.82 Å². The first kappa shape index (κ1) is 52.6. The van der Waals surface area contributed by atoms with Crippen molar-refractivity contribution in [2.24, 2.45) is 0 Å². The van der Waals surface area contributed by atoms with Crippen molar-refractivity contribution in [2.75, 3.05) is 13.2 Å². The lowest BCUT2D eigenvalue weighted by Gasteiger charge is -2.41. The van der Waals surface area contributed by atoms with E-state index in [1.54, 1.807) is 0 Å². The van der Waals surface area contributed by atoms with Crippen LogP contribution in [0.5, 0.6) is 0 Å². The van der Waals surface area contributed by atoms with Gasteiger partial charge < -0.3 is 39.9 Å². The zero-order valence-corrected chi connectivity index (χ0v) is 35.6. The van der Waals surface area contributed by atoms with Crippen LogP contribution in [0.3, 0.4) is 0 Å². The molecule has 0 amide bonds. The zero-order chi connectivity index (χ0) is 41.4. The molecule has 0 aliphatic heterocycles. The summed E-state index contributed by atoms with van der Waals surface area (Å²) in [6.07, 6.45) is 19.9. The number of phosphoric acid groups is 1. The second kappa shape index (κ2) is 33.4. The minimum atomic E-state index is -5.11. The molecule has 0 aromatic carbocycles. The van der Waals surface area contributed by atoms with Gasteiger partial charge in [-0.25, -0.2) is 4.57 Å². The number of aliphatic hydroxyl groups is 5. The molecule has 14 heteroatoms. The number of esters is 2. The van der Waals surface area contributed by atoms with Crippen LogP contribution in [-0.4, -0.2) is 98.3 Å². The Kier molecular flexibility index (Phi) is 31.4. The molecule has 1 saturated carbocycles. The molecule has 0 heterocycles. The number of phosphoric ester groups is 1. The van der Waals surface area contributed by atoms with Crippen LogP contribution in [0.2, 0.25) is 0 Å². The fraction of sp³-hybridized carbons (Fsp3) is 0.905. The molecule has 0 aromatic rings. The highest BCUT2D eigenvalue weighted by Gasteiger charge is 2.51. The fourth-order valence-electron chi connectivity index (χ4n) is 6.74. The molecule has 1 fully saturated rings. The third-order valence-electron chi connectivity index (χ3n) is 10.4. The van der Waals surface area contributed by atoms with E-state index in [-0.39, 0.29) is 12.8 Å². The smallest absolute Gasteiger partial charge is 0.462 e. The highest BCUT2D eigenvalue weighted by Crippen LogP contribution is 2.47. The van der Waals surface area contributed by atoms with Crippen molar-refractivity contribution in [1.82, 2.24) is 0 Å². The maximum atomic E-state index is 12.8. The topological polar surface area (TPSA) is 210 Å². The Hall–Kier alpha value is -1.41. The average Bonchev–Trinajstić information content (AvgIpc) is 3.18. The number of ether oxygens (including phenoxy) is 2. The summed E-state index contributed by atoms with van der Waals surface area (Å²) >= 11 is 0. The minimum Gasteiger partial charge on any atom is -0.462 e. The molecule has 0 aromatic heterocycles. The number of rotatable bonds is 36. The molecule has 6 N–H and O–H groups in total. The first-order valence-corrected chi connectivity index (χ1v) is 23.5. The van der Waals surface area contributed by atoms with Crippen molar-refractivity contribution in [3.8, 4) is 0 Å². The molecule has 330 valence electrons. The predicted molar refractivity (Wildman–Crippen MR) is 217 cm³/mol. The van der Waals surface area contributed by atoms with Gasteiger partial charge in [-0.2, -0.15) is 0 Å². The van der Waals surface area contributed by atoms with Gasteiger partial charge in [0.2, 0.25) is 0 Å². The first-order valence-electron chi connectivity index (χ1n) is 22.0. The van der Waals surface area contributed by atoms with E-state index in [9.17, 15) is 44.6 Å². The monoisotopic (exact) mass is 823 g/mol. The van der Waals surface area contributed by atoms with Gasteiger partial charge in [0.1, 0.15) is 43.2 Å². The molecule has 0 bridgehead atoms. The second-order valence-electron chi connectivity index (χ2n) is 15.6. The Morgan fingerprint density at radius 2 is 0.929 bits per heavy atom. The van der Waals surface area contributed by atoms with Gasteiger partial charge in [-0.15, -0.1) is 0 Å². The van der Waals surface area contributed by atoms with Crippen molar-refractivity contribution in [3.05, 3.63) is 12.2 Å². The quantitative estimate of drug-likeness (QED) is 0.0154. The maximum Gasteiger partial charge on any atom is 0.472 e. The average molecular weight is 823 g/mol. The third-order valence-corrected chi connectivity index (χ3v) is 11.3. The van der Waals surface area contributed by atoms with Gasteiger partial charge in [-0.05, 0) is 32.1 Å². The Balaban J connectivity index is 2.47. The van der Waals surface area contributed by atoms with Crippen LogP contribution in [0, 0.1) is 0 Å². The molecule has 1 aliphatic carbocycles. The number of carbonyl (C=O) groups excluding carboxylic acids is 2. The Bertz CT molecular complexity index is 1040. The van der Waals surface area contributed by atoms with Gasteiger partial charge >= 0.3 is 19.8 Å². The lowest BCUT2D eigenvalue weighted by molar-refractivity contribution is -0.220. The van der Waals surface area contributed by atoms with Crippen molar-refractivity contribution in [2.45, 2.75) is 230 Å². The van der Waals surface area contributed by atoms with E-state index in [1.165, 1.54) is 89.9 Å². The van der Waals surface area contributed by atoms with Crippen molar-refractivity contribution in [3.63, 3.8) is 0 Å². The van der Waals surface area contributed by atoms with E-state index in [2.05, 4.69) is 26.0 Å². The van der Waals surface area contributed by atoms with E-state index in [0.29, 0.717) is 12.8 Å². The molecule has 0 radical (unpaired) electrons. The minimum absolute atomic E-state index is 0.100. The van der Waals surface area contributed by atoms with Crippen LogP contribution in [0.15, 0.2) is 12.2 Å². The van der Waals surface area contributed by atoms with Gasteiger partial charge in [-0.3, -0.25) is 18.6 Å². The molecule has 1 aliphatic rings. The molecular weight excluding hydrogens is 743 g/mol. The van der Waals surface area contributed by atoms with Crippen LogP contribution in [0.4, 0.5) is 0 Å². The van der Waals surface area contributed by atoms with Crippen LogP contribution < -0.4 is 0 Å². The third kappa shape index (κ3) is 25.8. The second-order valence-corrected chi connectivity index (χ2v) is 17.0. The van der Waals surface area contributed by atoms with Gasteiger partial charge in [0.25, 0.3) is 0 Å². The summed E-state index contributed by atoms with van der Waals surface area (Å²) in [5.74, 6) is -1.10. The van der Waals surface area contributed by atoms with E-state index < -0.39 is 75.7 Å². The molecule has 0 spiro atoms. The Labute approximate surface area is 337 Å². The standard InChI is InChI=1S/C42H79O13P/c1-3-5-7-9-11-13-15-16-17-18-19-21-23-25-27-29-31-36(44)54-34(32-52-35(43)30-28-26-24-22-20-14-12-10-8-6-4-2)33-53-56(50,51)55-42-40(48)38(46)37(45)39(47)41(42)49/h10,12,34,37-42,45-49H,3-9,11,13-33H2,1-2H3,(H,50,51)/b12-10+/t34-,37?,38+,39?,40?,41?,42?/m1/s1. The molecule has 8 atom stereocenters. The molecule has 0 saturated heterocycles. The van der Waals surface area contributed by atoms with E-state index in [4.69, 9.17) is 18.5 Å². The molecule has 1 rings (SSSR count). The van der Waals surface area contributed by atoms with Crippen LogP contribution in [0.1, 0.15) is 187 Å². The molecule has 13 nitrogen and oxygen atoms in total. The first-order chi connectivity index (χ1) is 26.9. The highest BCUT2D eigenvalue weighted by molar-refractivity contribution is 7.47. The van der Waals surface area contributed by atoms with Gasteiger partial charge in [-0.1, -0.05) is 154 Å². The maximum absolute atomic E-state index is 12.8. The van der Waals surface area contributed by atoms with E-state index in [1.807, 2.05) is 0 Å². The number of hydrogen-bond donors (Lipinski definition) is 6. The fourth-order valence-corrected chi connectivity index (χ4v) is 7.71. The van der Waals surface area contributed by atoms with Gasteiger partial charge in [0, 0.05) is 12.8 Å². The zero-order valence-electron chi connectivity index (χ0n) is 34.7. The largest absolute Gasteiger partial charge is 0.472 e. The predicted octanol–water partition coefficient (Wildman–Crippen LogP) is 7.89. The van der Waals surface area contributed by atoms with E-state index in [0.717, 1.165) is 57.8 Å². The summed E-state index contributed by atoms with van der Waals surface area (Å²) in [7, 11) is -5.11. The number of allylic oxidation sites excluding steroid dienone is 2. The molecular formula is C42H79O13P. The lowest BCUT2D eigenvalue weighted by Crippen LogP contribution is -2.64. The summed E-state index contributed by atoms with van der Waals surface area (Å²) in [5, 5.41) is 50.0. The van der Waals surface area contributed by atoms with Gasteiger partial charge in [0.15, 0.2) is 6.10 Å². The van der Waals surface area contributed by atoms with Crippen molar-refractivity contribution in [1.29, 1.82) is 0 Å². The Morgan fingerprint density at radius 3 is 1.41 bits per heavy atom. The summed E-state index contributed by atoms with van der Waals surface area (Å²) < 4.78 is 33.4. The molecule has 6 unspecified atom stereocenters. The summed E-state index contributed by atoms with van der Waals surface area (Å²) in [4.78, 5) is 35.6. The van der Waals surface area contributed by atoms with Crippen molar-refractivity contribution >= 4 is 19.8 Å².